The van der Waals surface area contributed by atoms with E-state index >= 15 is 0 Å². The van der Waals surface area contributed by atoms with Crippen molar-refractivity contribution < 1.29 is 9.53 Å². The van der Waals surface area contributed by atoms with Crippen LogP contribution in [-0.2, 0) is 4.79 Å². The Morgan fingerprint density at radius 2 is 2.04 bits per heavy atom. The number of halogens is 2. The van der Waals surface area contributed by atoms with Gasteiger partial charge in [-0.25, -0.2) is 0 Å². The minimum Gasteiger partial charge on any atom is -0.489 e. The van der Waals surface area contributed by atoms with Crippen molar-refractivity contribution in [3.05, 3.63) is 46.4 Å². The zero-order valence-corrected chi connectivity index (χ0v) is 13.7. The number of nitrogens with one attached hydrogen (secondary N) is 1. The third-order valence-electron chi connectivity index (χ3n) is 3.48. The quantitative estimate of drug-likeness (QED) is 0.831. The van der Waals surface area contributed by atoms with E-state index in [1.54, 1.807) is 30.3 Å². The van der Waals surface area contributed by atoms with Crippen LogP contribution in [0.5, 0.6) is 5.75 Å². The predicted octanol–water partition coefficient (Wildman–Crippen LogP) is 3.41. The van der Waals surface area contributed by atoms with Gasteiger partial charge in [0, 0.05) is 17.4 Å². The van der Waals surface area contributed by atoms with Crippen LogP contribution in [0.4, 0.5) is 17.1 Å². The maximum atomic E-state index is 12.3. The second-order valence-corrected chi connectivity index (χ2v) is 5.99. The molecule has 23 heavy (non-hydrogen) atoms. The normalized spacial score (nSPS) is 13.2. The third kappa shape index (κ3) is 3.63. The fourth-order valence-corrected chi connectivity index (χ4v) is 2.70. The molecule has 2 aromatic carbocycles. The maximum Gasteiger partial charge on any atom is 0.243 e. The van der Waals surface area contributed by atoms with Gasteiger partial charge in [0.2, 0.25) is 5.91 Å². The average molecular weight is 352 g/mol. The van der Waals surface area contributed by atoms with Crippen LogP contribution < -0.4 is 20.7 Å². The van der Waals surface area contributed by atoms with Gasteiger partial charge in [0.15, 0.2) is 0 Å². The molecule has 0 aromatic heterocycles. The predicted molar refractivity (Wildman–Crippen MR) is 93.7 cm³/mol. The van der Waals surface area contributed by atoms with E-state index in [1.165, 1.54) is 0 Å². The summed E-state index contributed by atoms with van der Waals surface area (Å²) in [6.45, 7) is 1.35. The Balaban J connectivity index is 1.70. The van der Waals surface area contributed by atoms with Crippen molar-refractivity contribution in [1.82, 2.24) is 0 Å². The summed E-state index contributed by atoms with van der Waals surface area (Å²) in [4.78, 5) is 14.2. The number of anilines is 3. The second kappa shape index (κ2) is 6.56. The summed E-state index contributed by atoms with van der Waals surface area (Å²) >= 11 is 11.8. The van der Waals surface area contributed by atoms with Gasteiger partial charge in [0.1, 0.15) is 12.4 Å². The number of fused-ring (bicyclic) bond motifs is 1. The van der Waals surface area contributed by atoms with Crippen LogP contribution in [0.15, 0.2) is 36.4 Å². The number of carbonyl (C=O) groups is 1. The summed E-state index contributed by atoms with van der Waals surface area (Å²) in [6.07, 6.45) is 0. The summed E-state index contributed by atoms with van der Waals surface area (Å²) < 4.78 is 5.58. The van der Waals surface area contributed by atoms with Crippen LogP contribution in [0.1, 0.15) is 0 Å². The molecule has 7 heteroatoms. The minimum absolute atomic E-state index is 0.145. The van der Waals surface area contributed by atoms with E-state index in [1.807, 2.05) is 11.0 Å². The van der Waals surface area contributed by atoms with Gasteiger partial charge >= 0.3 is 0 Å². The van der Waals surface area contributed by atoms with Crippen molar-refractivity contribution in [1.29, 1.82) is 0 Å². The SMILES string of the molecule is Nc1ccc2c(c1)OCCN2CC(=O)Nc1ccc(Cl)c(Cl)c1. The van der Waals surface area contributed by atoms with Crippen LogP contribution in [0.25, 0.3) is 0 Å². The molecule has 0 bridgehead atoms. The molecule has 1 aliphatic rings. The highest BCUT2D eigenvalue weighted by molar-refractivity contribution is 6.42. The molecule has 0 radical (unpaired) electrons. The molecule has 5 nitrogen and oxygen atoms in total. The van der Waals surface area contributed by atoms with Crippen molar-refractivity contribution in [2.75, 3.05) is 35.6 Å². The molecule has 2 aromatic rings. The van der Waals surface area contributed by atoms with Gasteiger partial charge in [-0.1, -0.05) is 23.2 Å². The third-order valence-corrected chi connectivity index (χ3v) is 4.22. The molecule has 0 aliphatic carbocycles. The first-order valence-corrected chi connectivity index (χ1v) is 7.81. The molecule has 0 fully saturated rings. The van der Waals surface area contributed by atoms with Crippen LogP contribution in [0.2, 0.25) is 10.0 Å². The summed E-state index contributed by atoms with van der Waals surface area (Å²) in [5.41, 5.74) is 7.85. The molecule has 0 saturated carbocycles. The molecule has 1 heterocycles. The zero-order valence-electron chi connectivity index (χ0n) is 12.2. The Bertz CT molecular complexity index is 752. The van der Waals surface area contributed by atoms with Crippen LogP contribution >= 0.6 is 23.2 Å². The Morgan fingerprint density at radius 1 is 1.22 bits per heavy atom. The Hall–Kier alpha value is -2.11. The van der Waals surface area contributed by atoms with Crippen molar-refractivity contribution in [3.63, 3.8) is 0 Å². The van der Waals surface area contributed by atoms with Crippen LogP contribution in [0.3, 0.4) is 0 Å². The van der Waals surface area contributed by atoms with E-state index in [2.05, 4.69) is 5.32 Å². The lowest BCUT2D eigenvalue weighted by Crippen LogP contribution is -2.38. The number of ether oxygens (including phenoxy) is 1. The number of nitrogen functional groups attached to an aromatic ring is 1. The molecular formula is C16H15Cl2N3O2. The topological polar surface area (TPSA) is 67.6 Å². The molecule has 1 aliphatic heterocycles. The van der Waals surface area contributed by atoms with E-state index in [-0.39, 0.29) is 12.5 Å². The highest BCUT2D eigenvalue weighted by Gasteiger charge is 2.20. The van der Waals surface area contributed by atoms with E-state index in [9.17, 15) is 4.79 Å². The Labute approximate surface area is 143 Å². The van der Waals surface area contributed by atoms with Crippen LogP contribution in [-0.4, -0.2) is 25.6 Å². The van der Waals surface area contributed by atoms with Gasteiger partial charge in [-0.05, 0) is 30.3 Å². The lowest BCUT2D eigenvalue weighted by Gasteiger charge is -2.30. The van der Waals surface area contributed by atoms with Crippen molar-refractivity contribution in [2.45, 2.75) is 0 Å². The monoisotopic (exact) mass is 351 g/mol. The number of carbonyl (C=O) groups excluding carboxylic acids is 1. The van der Waals surface area contributed by atoms with Gasteiger partial charge in [-0.15, -0.1) is 0 Å². The second-order valence-electron chi connectivity index (χ2n) is 5.17. The Kier molecular flexibility index (Phi) is 4.50. The molecular weight excluding hydrogens is 337 g/mol. The molecule has 0 atom stereocenters. The smallest absolute Gasteiger partial charge is 0.243 e. The molecule has 3 rings (SSSR count). The summed E-state index contributed by atoms with van der Waals surface area (Å²) in [6, 6.07) is 10.4. The molecule has 1 amide bonds. The first-order chi connectivity index (χ1) is 11.0. The number of hydrogen-bond donors (Lipinski definition) is 2. The number of hydrogen-bond acceptors (Lipinski definition) is 4. The Morgan fingerprint density at radius 3 is 2.83 bits per heavy atom. The van der Waals surface area contributed by atoms with Crippen molar-refractivity contribution in [3.8, 4) is 5.75 Å². The van der Waals surface area contributed by atoms with Crippen molar-refractivity contribution >= 4 is 46.2 Å². The molecule has 0 spiro atoms. The molecule has 120 valence electrons. The largest absolute Gasteiger partial charge is 0.489 e. The minimum atomic E-state index is -0.145. The number of nitrogens with two attached hydrogens (primary N) is 1. The van der Waals surface area contributed by atoms with Gasteiger partial charge < -0.3 is 20.7 Å². The van der Waals surface area contributed by atoms with Gasteiger partial charge in [-0.3, -0.25) is 4.79 Å². The summed E-state index contributed by atoms with van der Waals surface area (Å²) in [5.74, 6) is 0.548. The fraction of sp³-hybridized carbons (Fsp3) is 0.188. The van der Waals surface area contributed by atoms with E-state index < -0.39 is 0 Å². The maximum absolute atomic E-state index is 12.3. The summed E-state index contributed by atoms with van der Waals surface area (Å²) in [7, 11) is 0. The molecule has 0 saturated heterocycles. The lowest BCUT2D eigenvalue weighted by molar-refractivity contribution is -0.115. The number of benzene rings is 2. The first-order valence-electron chi connectivity index (χ1n) is 7.05. The number of nitrogens with zero attached hydrogens (tertiary/aromatic N) is 1. The average Bonchev–Trinajstić information content (AvgIpc) is 2.51. The zero-order chi connectivity index (χ0) is 16.4. The highest BCUT2D eigenvalue weighted by Crippen LogP contribution is 2.33. The highest BCUT2D eigenvalue weighted by atomic mass is 35.5. The van der Waals surface area contributed by atoms with E-state index in [0.717, 1.165) is 5.69 Å². The van der Waals surface area contributed by atoms with E-state index in [4.69, 9.17) is 33.7 Å². The van der Waals surface area contributed by atoms with Crippen molar-refractivity contribution in [2.24, 2.45) is 0 Å². The van der Waals surface area contributed by atoms with Gasteiger partial charge in [-0.2, -0.15) is 0 Å². The van der Waals surface area contributed by atoms with Gasteiger partial charge in [0.25, 0.3) is 0 Å². The first kappa shape index (κ1) is 15.8. The lowest BCUT2D eigenvalue weighted by atomic mass is 10.2. The molecule has 0 unspecified atom stereocenters. The standard InChI is InChI=1S/C16H15Cl2N3O2/c17-12-3-2-11(8-13(12)18)20-16(22)9-21-5-6-23-15-7-10(19)1-4-14(15)21/h1-4,7-8H,5-6,9,19H2,(H,20,22). The molecule has 3 N–H and O–H groups in total. The van der Waals surface area contributed by atoms with E-state index in [0.29, 0.717) is 40.3 Å². The van der Waals surface area contributed by atoms with Gasteiger partial charge in [0.05, 0.1) is 28.8 Å². The number of amides is 1. The van der Waals surface area contributed by atoms with Crippen LogP contribution in [0, 0.1) is 0 Å². The summed E-state index contributed by atoms with van der Waals surface area (Å²) in [5, 5.41) is 3.66. The fourth-order valence-electron chi connectivity index (χ4n) is 2.41. The number of rotatable bonds is 3.